The first-order valence-corrected chi connectivity index (χ1v) is 9.98. The van der Waals surface area contributed by atoms with E-state index in [0.29, 0.717) is 17.0 Å². The van der Waals surface area contributed by atoms with E-state index in [9.17, 15) is 9.59 Å². The SMILES string of the molecule is Cc1cc2nc(C)c(CCC(=O)O[C@@H](C)C(=O)Nc3sccc3C#N)c(C)n2n1. The minimum absolute atomic E-state index is 0.120. The smallest absolute Gasteiger partial charge is 0.306 e. The predicted octanol–water partition coefficient (Wildman–Crippen LogP) is 3.09. The van der Waals surface area contributed by atoms with Crippen LogP contribution in [0.4, 0.5) is 5.00 Å². The van der Waals surface area contributed by atoms with E-state index >= 15 is 0 Å². The summed E-state index contributed by atoms with van der Waals surface area (Å²) in [5.41, 5.74) is 4.74. The lowest BCUT2D eigenvalue weighted by atomic mass is 10.1. The van der Waals surface area contributed by atoms with Crippen LogP contribution in [0.1, 0.15) is 41.6 Å². The average Bonchev–Trinajstić information content (AvgIpc) is 3.26. The molecule has 0 aliphatic heterocycles. The molecule has 0 spiro atoms. The highest BCUT2D eigenvalue weighted by Crippen LogP contribution is 2.22. The number of rotatable bonds is 6. The Kier molecular flexibility index (Phi) is 5.94. The maximum absolute atomic E-state index is 12.3. The first-order chi connectivity index (χ1) is 13.8. The number of hydrogen-bond acceptors (Lipinski definition) is 7. The minimum atomic E-state index is -0.965. The van der Waals surface area contributed by atoms with Crippen molar-refractivity contribution in [2.75, 3.05) is 5.32 Å². The molecule has 29 heavy (non-hydrogen) atoms. The van der Waals surface area contributed by atoms with Gasteiger partial charge in [0, 0.05) is 23.9 Å². The van der Waals surface area contributed by atoms with Gasteiger partial charge in [-0.25, -0.2) is 9.50 Å². The van der Waals surface area contributed by atoms with Crippen molar-refractivity contribution in [2.45, 2.75) is 46.6 Å². The van der Waals surface area contributed by atoms with Crippen molar-refractivity contribution in [2.24, 2.45) is 0 Å². The second-order valence-corrected chi connectivity index (χ2v) is 7.63. The van der Waals surface area contributed by atoms with Gasteiger partial charge in [-0.2, -0.15) is 10.4 Å². The number of aromatic nitrogens is 3. The third kappa shape index (κ3) is 4.43. The van der Waals surface area contributed by atoms with Gasteiger partial charge in [0.15, 0.2) is 11.8 Å². The summed E-state index contributed by atoms with van der Waals surface area (Å²) in [4.78, 5) is 29.0. The van der Waals surface area contributed by atoms with Gasteiger partial charge in [0.2, 0.25) is 0 Å². The highest BCUT2D eigenvalue weighted by molar-refractivity contribution is 7.14. The summed E-state index contributed by atoms with van der Waals surface area (Å²) in [5, 5.41) is 18.2. The van der Waals surface area contributed by atoms with Crippen LogP contribution in [0.15, 0.2) is 17.5 Å². The van der Waals surface area contributed by atoms with E-state index in [1.165, 1.54) is 18.3 Å². The molecular formula is C20H21N5O3S. The van der Waals surface area contributed by atoms with Crippen molar-refractivity contribution in [1.29, 1.82) is 5.26 Å². The third-order valence-electron chi connectivity index (χ3n) is 4.57. The maximum Gasteiger partial charge on any atom is 0.306 e. The number of amides is 1. The molecular weight excluding hydrogens is 390 g/mol. The van der Waals surface area contributed by atoms with Gasteiger partial charge in [0.1, 0.15) is 11.1 Å². The lowest BCUT2D eigenvalue weighted by Crippen LogP contribution is -2.30. The summed E-state index contributed by atoms with van der Waals surface area (Å²) in [6.07, 6.45) is -0.404. The number of nitrogens with one attached hydrogen (secondary N) is 1. The molecule has 3 aromatic heterocycles. The van der Waals surface area contributed by atoms with Gasteiger partial charge in [-0.3, -0.25) is 9.59 Å². The van der Waals surface area contributed by atoms with E-state index in [4.69, 9.17) is 10.00 Å². The minimum Gasteiger partial charge on any atom is -0.453 e. The van der Waals surface area contributed by atoms with Crippen molar-refractivity contribution < 1.29 is 14.3 Å². The number of hydrogen-bond donors (Lipinski definition) is 1. The third-order valence-corrected chi connectivity index (χ3v) is 5.39. The summed E-state index contributed by atoms with van der Waals surface area (Å²) in [6.45, 7) is 7.25. The zero-order valence-electron chi connectivity index (χ0n) is 16.6. The maximum atomic E-state index is 12.3. The zero-order chi connectivity index (χ0) is 21.1. The summed E-state index contributed by atoms with van der Waals surface area (Å²) in [7, 11) is 0. The normalized spacial score (nSPS) is 11.8. The number of carbonyl (C=O) groups is 2. The van der Waals surface area contributed by atoms with Crippen molar-refractivity contribution in [3.63, 3.8) is 0 Å². The van der Waals surface area contributed by atoms with Crippen molar-refractivity contribution in [3.8, 4) is 6.07 Å². The highest BCUT2D eigenvalue weighted by Gasteiger charge is 2.20. The predicted molar refractivity (Wildman–Crippen MR) is 109 cm³/mol. The van der Waals surface area contributed by atoms with Crippen LogP contribution >= 0.6 is 11.3 Å². The van der Waals surface area contributed by atoms with Crippen LogP contribution < -0.4 is 5.32 Å². The Morgan fingerprint density at radius 2 is 2.14 bits per heavy atom. The fourth-order valence-corrected chi connectivity index (χ4v) is 3.79. The Morgan fingerprint density at radius 3 is 2.86 bits per heavy atom. The van der Waals surface area contributed by atoms with Gasteiger partial charge in [-0.15, -0.1) is 11.3 Å². The van der Waals surface area contributed by atoms with Gasteiger partial charge >= 0.3 is 5.97 Å². The van der Waals surface area contributed by atoms with Crippen molar-refractivity contribution in [3.05, 3.63) is 45.7 Å². The Hall–Kier alpha value is -3.25. The molecule has 0 saturated carbocycles. The van der Waals surface area contributed by atoms with Gasteiger partial charge < -0.3 is 10.1 Å². The fourth-order valence-electron chi connectivity index (χ4n) is 3.05. The number of nitrogens with zero attached hydrogens (tertiary/aromatic N) is 4. The number of esters is 1. The lowest BCUT2D eigenvalue weighted by Gasteiger charge is -2.14. The first-order valence-electron chi connectivity index (χ1n) is 9.10. The van der Waals surface area contributed by atoms with Crippen LogP contribution in [0.5, 0.6) is 0 Å². The second kappa shape index (κ2) is 8.41. The molecule has 3 aromatic rings. The molecule has 1 amide bonds. The summed E-state index contributed by atoms with van der Waals surface area (Å²) < 4.78 is 7.03. The van der Waals surface area contributed by atoms with E-state index in [2.05, 4.69) is 15.4 Å². The van der Waals surface area contributed by atoms with Crippen LogP contribution in [-0.4, -0.2) is 32.6 Å². The fraction of sp³-hybridized carbons (Fsp3) is 0.350. The number of anilines is 1. The van der Waals surface area contributed by atoms with E-state index in [-0.39, 0.29) is 6.42 Å². The molecule has 1 atom stereocenters. The van der Waals surface area contributed by atoms with Crippen LogP contribution in [0.2, 0.25) is 0 Å². The number of ether oxygens (including phenoxy) is 1. The van der Waals surface area contributed by atoms with Crippen molar-refractivity contribution in [1.82, 2.24) is 14.6 Å². The Balaban J connectivity index is 1.60. The zero-order valence-corrected chi connectivity index (χ0v) is 17.5. The summed E-state index contributed by atoms with van der Waals surface area (Å²) in [5.74, 6) is -0.949. The highest BCUT2D eigenvalue weighted by atomic mass is 32.1. The number of fused-ring (bicyclic) bond motifs is 1. The molecule has 3 rings (SSSR count). The van der Waals surface area contributed by atoms with Gasteiger partial charge in [0.25, 0.3) is 5.91 Å². The lowest BCUT2D eigenvalue weighted by molar-refractivity contribution is -0.153. The molecule has 0 bridgehead atoms. The molecule has 0 fully saturated rings. The topological polar surface area (TPSA) is 109 Å². The van der Waals surface area contributed by atoms with E-state index in [0.717, 1.165) is 28.3 Å². The van der Waals surface area contributed by atoms with E-state index in [1.807, 2.05) is 32.9 Å². The molecule has 0 aromatic carbocycles. The molecule has 0 saturated heterocycles. The van der Waals surface area contributed by atoms with Gasteiger partial charge in [-0.05, 0) is 51.1 Å². The molecule has 3 heterocycles. The molecule has 0 aliphatic carbocycles. The largest absolute Gasteiger partial charge is 0.453 e. The molecule has 0 unspecified atom stereocenters. The molecule has 1 N–H and O–H groups in total. The van der Waals surface area contributed by atoms with Crippen molar-refractivity contribution >= 4 is 33.9 Å². The Labute approximate surface area is 172 Å². The molecule has 150 valence electrons. The second-order valence-electron chi connectivity index (χ2n) is 6.71. The number of carbonyl (C=O) groups excluding carboxylic acids is 2. The van der Waals surface area contributed by atoms with Crippen LogP contribution in [-0.2, 0) is 20.7 Å². The molecule has 0 aliphatic rings. The summed E-state index contributed by atoms with van der Waals surface area (Å²) in [6, 6.07) is 5.52. The van der Waals surface area contributed by atoms with Crippen LogP contribution in [0.3, 0.4) is 0 Å². The molecule has 0 radical (unpaired) electrons. The quantitative estimate of drug-likeness (QED) is 0.624. The Bertz CT molecular complexity index is 1130. The van der Waals surface area contributed by atoms with Crippen LogP contribution in [0.25, 0.3) is 5.65 Å². The van der Waals surface area contributed by atoms with E-state index < -0.39 is 18.0 Å². The first kappa shape index (κ1) is 20.5. The van der Waals surface area contributed by atoms with E-state index in [1.54, 1.807) is 16.0 Å². The van der Waals surface area contributed by atoms with Crippen LogP contribution in [0, 0.1) is 32.1 Å². The monoisotopic (exact) mass is 411 g/mol. The molecule has 9 heteroatoms. The van der Waals surface area contributed by atoms with Gasteiger partial charge in [0.05, 0.1) is 11.3 Å². The summed E-state index contributed by atoms with van der Waals surface area (Å²) >= 11 is 1.24. The number of nitriles is 1. The van der Waals surface area contributed by atoms with Gasteiger partial charge in [-0.1, -0.05) is 0 Å². The standard InChI is InChI=1S/C20H21N5O3S/c1-11-9-17-22-12(2)16(13(3)25(17)24-11)5-6-18(26)28-14(4)19(27)23-20-15(10-21)7-8-29-20/h7-9,14H,5-6H2,1-4H3,(H,23,27)/t14-/m0/s1. The number of thiophene rings is 1. The Morgan fingerprint density at radius 1 is 1.38 bits per heavy atom. The molecule has 8 nitrogen and oxygen atoms in total. The average molecular weight is 411 g/mol. The number of aryl methyl sites for hydroxylation is 3.